The zero-order valence-electron chi connectivity index (χ0n) is 11.0. The van der Waals surface area contributed by atoms with Crippen molar-refractivity contribution in [2.24, 2.45) is 0 Å². The molecule has 0 unspecified atom stereocenters. The lowest BCUT2D eigenvalue weighted by Gasteiger charge is -2.08. The van der Waals surface area contributed by atoms with Crippen LogP contribution < -0.4 is 15.6 Å². The number of aryl methyl sites for hydroxylation is 1. The third-order valence-corrected chi connectivity index (χ3v) is 5.84. The first-order chi connectivity index (χ1) is 9.90. The first-order valence-electron chi connectivity index (χ1n) is 5.93. The van der Waals surface area contributed by atoms with Crippen LogP contribution in [0.5, 0.6) is 0 Å². The molecule has 0 aliphatic heterocycles. The summed E-state index contributed by atoms with van der Waals surface area (Å²) in [4.78, 5) is 12.1. The minimum atomic E-state index is -3.50. The van der Waals surface area contributed by atoms with E-state index < -0.39 is 15.6 Å². The number of thiophene rings is 1. The van der Waals surface area contributed by atoms with Crippen LogP contribution in [0.3, 0.4) is 0 Å². The molecule has 0 fully saturated rings. The van der Waals surface area contributed by atoms with Crippen LogP contribution in [0.15, 0.2) is 27.3 Å². The predicted molar refractivity (Wildman–Crippen MR) is 82.6 cm³/mol. The van der Waals surface area contributed by atoms with E-state index in [-0.39, 0.29) is 22.3 Å². The van der Waals surface area contributed by atoms with Crippen LogP contribution >= 0.6 is 22.9 Å². The van der Waals surface area contributed by atoms with Crippen molar-refractivity contribution >= 4 is 38.6 Å². The Hall–Kier alpha value is -1.42. The number of aromatic amines is 1. The molecule has 2 aromatic heterocycles. The first kappa shape index (κ1) is 16.0. The number of hydrogen-bond acceptors (Lipinski definition) is 6. The Bertz CT molecular complexity index is 785. The molecule has 0 spiro atoms. The molecule has 114 valence electrons. The summed E-state index contributed by atoms with van der Waals surface area (Å²) in [7, 11) is -3.50. The van der Waals surface area contributed by atoms with Crippen molar-refractivity contribution in [2.75, 3.05) is 18.4 Å². The van der Waals surface area contributed by atoms with E-state index in [0.29, 0.717) is 5.69 Å². The van der Waals surface area contributed by atoms with Crippen molar-refractivity contribution in [3.8, 4) is 0 Å². The Morgan fingerprint density at radius 2 is 2.14 bits per heavy atom. The summed E-state index contributed by atoms with van der Waals surface area (Å²) in [5.41, 5.74) is -0.150. The third-order valence-electron chi connectivity index (χ3n) is 2.51. The zero-order chi connectivity index (χ0) is 15.5. The van der Waals surface area contributed by atoms with Crippen molar-refractivity contribution < 1.29 is 8.42 Å². The number of rotatable bonds is 6. The molecule has 0 saturated carbocycles. The van der Waals surface area contributed by atoms with E-state index in [1.807, 2.05) is 6.92 Å². The second-order valence-electron chi connectivity index (χ2n) is 4.12. The SMILES string of the molecule is Cc1ccc(S(=O)(=O)NCCNc2cn[nH]c(=O)c2Cl)s1. The molecule has 2 heterocycles. The number of H-pyrrole nitrogens is 1. The molecule has 2 rings (SSSR count). The molecule has 10 heteroatoms. The molecule has 3 N–H and O–H groups in total. The average molecular weight is 349 g/mol. The summed E-state index contributed by atoms with van der Waals surface area (Å²) in [6.07, 6.45) is 1.36. The van der Waals surface area contributed by atoms with Gasteiger partial charge in [0.25, 0.3) is 5.56 Å². The quantitative estimate of drug-likeness (QED) is 0.680. The second kappa shape index (κ2) is 6.56. The van der Waals surface area contributed by atoms with Gasteiger partial charge < -0.3 is 5.32 Å². The van der Waals surface area contributed by atoms with Gasteiger partial charge in [0.2, 0.25) is 10.0 Å². The molecular formula is C11H13ClN4O3S2. The minimum Gasteiger partial charge on any atom is -0.381 e. The number of aromatic nitrogens is 2. The fourth-order valence-electron chi connectivity index (χ4n) is 1.52. The molecule has 0 amide bonds. The predicted octanol–water partition coefficient (Wildman–Crippen LogP) is 1.18. The monoisotopic (exact) mass is 348 g/mol. The molecule has 2 aromatic rings. The van der Waals surface area contributed by atoms with Gasteiger partial charge in [0.15, 0.2) is 0 Å². The molecular weight excluding hydrogens is 336 g/mol. The van der Waals surface area contributed by atoms with Crippen molar-refractivity contribution in [2.45, 2.75) is 11.1 Å². The van der Waals surface area contributed by atoms with Gasteiger partial charge in [0, 0.05) is 18.0 Å². The summed E-state index contributed by atoms with van der Waals surface area (Å²) in [5.74, 6) is 0. The average Bonchev–Trinajstić information content (AvgIpc) is 2.87. The third kappa shape index (κ3) is 4.03. The molecule has 0 radical (unpaired) electrons. The summed E-state index contributed by atoms with van der Waals surface area (Å²) < 4.78 is 26.6. The van der Waals surface area contributed by atoms with Gasteiger partial charge in [0.1, 0.15) is 9.23 Å². The van der Waals surface area contributed by atoms with Gasteiger partial charge >= 0.3 is 0 Å². The standard InChI is InChI=1S/C11H13ClN4O3S2/c1-7-2-3-9(20-7)21(18,19)15-5-4-13-8-6-14-16-11(17)10(8)12/h2-3,6,15H,4-5H2,1H3,(H2,13,16,17). The van der Waals surface area contributed by atoms with E-state index >= 15 is 0 Å². The smallest absolute Gasteiger partial charge is 0.285 e. The Labute approximate surface area is 130 Å². The highest BCUT2D eigenvalue weighted by atomic mass is 35.5. The van der Waals surface area contributed by atoms with Gasteiger partial charge in [-0.25, -0.2) is 18.2 Å². The van der Waals surface area contributed by atoms with Gasteiger partial charge in [-0.1, -0.05) is 11.6 Å². The van der Waals surface area contributed by atoms with Gasteiger partial charge in [0.05, 0.1) is 11.9 Å². The molecule has 7 nitrogen and oxygen atoms in total. The summed E-state index contributed by atoms with van der Waals surface area (Å²) in [6.45, 7) is 2.27. The van der Waals surface area contributed by atoms with Gasteiger partial charge in [-0.05, 0) is 19.1 Å². The van der Waals surface area contributed by atoms with Crippen LogP contribution in [-0.2, 0) is 10.0 Å². The Balaban J connectivity index is 1.90. The lowest BCUT2D eigenvalue weighted by atomic mass is 10.4. The molecule has 0 saturated heterocycles. The fourth-order valence-corrected chi connectivity index (χ4v) is 4.03. The zero-order valence-corrected chi connectivity index (χ0v) is 13.4. The number of anilines is 1. The number of hydrogen-bond donors (Lipinski definition) is 3. The normalized spacial score (nSPS) is 11.5. The van der Waals surface area contributed by atoms with E-state index in [1.165, 1.54) is 17.5 Å². The van der Waals surface area contributed by atoms with Crippen LogP contribution in [0.25, 0.3) is 0 Å². The van der Waals surface area contributed by atoms with Crippen LogP contribution in [0.1, 0.15) is 4.88 Å². The van der Waals surface area contributed by atoms with Crippen LogP contribution in [0.2, 0.25) is 5.02 Å². The highest BCUT2D eigenvalue weighted by Crippen LogP contribution is 2.20. The first-order valence-corrected chi connectivity index (χ1v) is 8.61. The number of sulfonamides is 1. The lowest BCUT2D eigenvalue weighted by Crippen LogP contribution is -2.28. The maximum absolute atomic E-state index is 12.0. The van der Waals surface area contributed by atoms with E-state index in [9.17, 15) is 13.2 Å². The maximum atomic E-state index is 12.0. The van der Waals surface area contributed by atoms with Crippen LogP contribution in [0.4, 0.5) is 5.69 Å². The second-order valence-corrected chi connectivity index (χ2v) is 7.78. The van der Waals surface area contributed by atoms with Gasteiger partial charge in [-0.2, -0.15) is 5.10 Å². The van der Waals surface area contributed by atoms with E-state index in [1.54, 1.807) is 12.1 Å². The number of halogens is 1. The highest BCUT2D eigenvalue weighted by molar-refractivity contribution is 7.91. The van der Waals surface area contributed by atoms with Crippen molar-refractivity contribution in [1.82, 2.24) is 14.9 Å². The Morgan fingerprint density at radius 3 is 2.81 bits per heavy atom. The number of nitrogens with zero attached hydrogens (tertiary/aromatic N) is 1. The molecule has 21 heavy (non-hydrogen) atoms. The largest absolute Gasteiger partial charge is 0.381 e. The molecule has 0 aromatic carbocycles. The highest BCUT2D eigenvalue weighted by Gasteiger charge is 2.15. The van der Waals surface area contributed by atoms with Crippen molar-refractivity contribution in [3.05, 3.63) is 38.6 Å². The van der Waals surface area contributed by atoms with Crippen LogP contribution in [-0.4, -0.2) is 31.7 Å². The Morgan fingerprint density at radius 1 is 1.38 bits per heavy atom. The molecule has 0 bridgehead atoms. The summed E-state index contributed by atoms with van der Waals surface area (Å²) >= 11 is 6.98. The fraction of sp³-hybridized carbons (Fsp3) is 0.273. The van der Waals surface area contributed by atoms with Crippen molar-refractivity contribution in [1.29, 1.82) is 0 Å². The lowest BCUT2D eigenvalue weighted by molar-refractivity contribution is 0.585. The minimum absolute atomic E-state index is 0.0123. The van der Waals surface area contributed by atoms with E-state index in [4.69, 9.17) is 11.6 Å². The number of nitrogens with one attached hydrogen (secondary N) is 3. The van der Waals surface area contributed by atoms with Gasteiger partial charge in [-0.3, -0.25) is 4.79 Å². The molecule has 0 atom stereocenters. The topological polar surface area (TPSA) is 104 Å². The molecule has 0 aliphatic rings. The van der Waals surface area contributed by atoms with Gasteiger partial charge in [-0.15, -0.1) is 11.3 Å². The maximum Gasteiger partial charge on any atom is 0.285 e. The van der Waals surface area contributed by atoms with Crippen molar-refractivity contribution in [3.63, 3.8) is 0 Å². The Kier molecular flexibility index (Phi) is 4.99. The molecule has 0 aliphatic carbocycles. The van der Waals surface area contributed by atoms with E-state index in [0.717, 1.165) is 4.88 Å². The summed E-state index contributed by atoms with van der Waals surface area (Å²) in [6, 6.07) is 3.31. The van der Waals surface area contributed by atoms with E-state index in [2.05, 4.69) is 20.2 Å². The summed E-state index contributed by atoms with van der Waals surface area (Å²) in [5, 5.41) is 8.62. The van der Waals surface area contributed by atoms with Crippen LogP contribution in [0, 0.1) is 6.92 Å².